The molecule has 1 aliphatic carbocycles. The first-order valence-corrected chi connectivity index (χ1v) is 6.07. The molecule has 1 aromatic heterocycles. The molecule has 0 amide bonds. The topological polar surface area (TPSA) is 55.9 Å². The van der Waals surface area contributed by atoms with E-state index >= 15 is 0 Å². The Kier molecular flexibility index (Phi) is 2.93. The van der Waals surface area contributed by atoms with Crippen LogP contribution < -0.4 is 11.1 Å². The van der Waals surface area contributed by atoms with Gasteiger partial charge in [0.15, 0.2) is 0 Å². The molecule has 0 saturated heterocycles. The van der Waals surface area contributed by atoms with E-state index in [1.54, 1.807) is 0 Å². The number of nitrogens with two attached hydrogens (primary N) is 1. The molecule has 0 unspecified atom stereocenters. The van der Waals surface area contributed by atoms with Crippen molar-refractivity contribution in [3.8, 4) is 0 Å². The van der Waals surface area contributed by atoms with Crippen molar-refractivity contribution >= 4 is 5.69 Å². The van der Waals surface area contributed by atoms with Crippen LogP contribution in [0.15, 0.2) is 0 Å². The van der Waals surface area contributed by atoms with Crippen LogP contribution in [0.5, 0.6) is 0 Å². The van der Waals surface area contributed by atoms with Crippen LogP contribution in [0, 0.1) is 13.8 Å². The molecule has 0 aliphatic heterocycles. The fourth-order valence-corrected chi connectivity index (χ4v) is 2.36. The number of nitrogens with one attached hydrogen (secondary N) is 1. The highest BCUT2D eigenvalue weighted by Crippen LogP contribution is 2.28. The lowest BCUT2D eigenvalue weighted by molar-refractivity contribution is 0.373. The molecule has 0 radical (unpaired) electrons. The van der Waals surface area contributed by atoms with E-state index < -0.39 is 0 Å². The van der Waals surface area contributed by atoms with Crippen LogP contribution in [0.4, 0.5) is 5.69 Å². The van der Waals surface area contributed by atoms with Crippen molar-refractivity contribution in [2.45, 2.75) is 58.7 Å². The zero-order valence-electron chi connectivity index (χ0n) is 10.6. The zero-order valence-corrected chi connectivity index (χ0v) is 10.6. The summed E-state index contributed by atoms with van der Waals surface area (Å²) in [6, 6.07) is 1.34. The fourth-order valence-electron chi connectivity index (χ4n) is 2.36. The van der Waals surface area contributed by atoms with Crippen LogP contribution in [-0.4, -0.2) is 21.9 Å². The van der Waals surface area contributed by atoms with E-state index in [0.717, 1.165) is 18.5 Å². The molecule has 16 heavy (non-hydrogen) atoms. The number of anilines is 1. The third kappa shape index (κ3) is 1.94. The van der Waals surface area contributed by atoms with E-state index in [4.69, 9.17) is 5.73 Å². The van der Waals surface area contributed by atoms with E-state index in [-0.39, 0.29) is 0 Å². The normalized spacial score (nSPS) is 24.6. The number of nitrogens with zero attached hydrogens (tertiary/aromatic N) is 2. The Labute approximate surface area is 97.2 Å². The number of rotatable bonds is 3. The van der Waals surface area contributed by atoms with Gasteiger partial charge in [-0.15, -0.1) is 0 Å². The largest absolute Gasteiger partial charge is 0.379 e. The van der Waals surface area contributed by atoms with Gasteiger partial charge < -0.3 is 11.1 Å². The molecular weight excluding hydrogens is 200 g/mol. The maximum absolute atomic E-state index is 5.79. The van der Waals surface area contributed by atoms with Gasteiger partial charge in [-0.1, -0.05) is 0 Å². The Morgan fingerprint density at radius 2 is 2.00 bits per heavy atom. The molecule has 1 heterocycles. The number of hydrogen-bond donors (Lipinski definition) is 2. The fraction of sp³-hybridized carbons (Fsp3) is 0.750. The van der Waals surface area contributed by atoms with Crippen molar-refractivity contribution in [1.82, 2.24) is 9.78 Å². The summed E-state index contributed by atoms with van der Waals surface area (Å²) in [6.45, 7) is 8.50. The predicted molar refractivity (Wildman–Crippen MR) is 66.7 cm³/mol. The highest BCUT2D eigenvalue weighted by molar-refractivity contribution is 5.53. The quantitative estimate of drug-likeness (QED) is 0.822. The molecule has 1 aromatic rings. The molecule has 1 saturated carbocycles. The lowest BCUT2D eigenvalue weighted by Crippen LogP contribution is -2.44. The molecule has 90 valence electrons. The highest BCUT2D eigenvalue weighted by Gasteiger charge is 2.27. The van der Waals surface area contributed by atoms with Crippen LogP contribution in [0.25, 0.3) is 0 Å². The van der Waals surface area contributed by atoms with Crippen LogP contribution in [0.1, 0.15) is 44.1 Å². The van der Waals surface area contributed by atoms with Gasteiger partial charge in [-0.05, 0) is 40.5 Å². The summed E-state index contributed by atoms with van der Waals surface area (Å²) in [5, 5.41) is 8.12. The van der Waals surface area contributed by atoms with Crippen molar-refractivity contribution in [3.63, 3.8) is 0 Å². The van der Waals surface area contributed by atoms with Gasteiger partial charge in [-0.25, -0.2) is 0 Å². The molecule has 4 nitrogen and oxygen atoms in total. The molecule has 3 N–H and O–H groups in total. The SMILES string of the molecule is Cc1nn(C(C)C)c(C)c1NC1CC(N)C1. The maximum Gasteiger partial charge on any atom is 0.0828 e. The van der Waals surface area contributed by atoms with Crippen molar-refractivity contribution < 1.29 is 0 Å². The second-order valence-corrected chi connectivity index (χ2v) is 5.16. The Morgan fingerprint density at radius 1 is 1.38 bits per heavy atom. The van der Waals surface area contributed by atoms with E-state index in [1.807, 2.05) is 0 Å². The monoisotopic (exact) mass is 222 g/mol. The van der Waals surface area contributed by atoms with E-state index in [0.29, 0.717) is 18.1 Å². The summed E-state index contributed by atoms with van der Waals surface area (Å²) in [6.07, 6.45) is 2.15. The summed E-state index contributed by atoms with van der Waals surface area (Å²) < 4.78 is 2.08. The molecule has 0 spiro atoms. The van der Waals surface area contributed by atoms with Gasteiger partial charge in [0.1, 0.15) is 0 Å². The van der Waals surface area contributed by atoms with Crippen molar-refractivity contribution in [2.24, 2.45) is 5.73 Å². The summed E-state index contributed by atoms with van der Waals surface area (Å²) >= 11 is 0. The van der Waals surface area contributed by atoms with Gasteiger partial charge in [0.05, 0.1) is 17.1 Å². The van der Waals surface area contributed by atoms with E-state index in [9.17, 15) is 0 Å². The van der Waals surface area contributed by atoms with Gasteiger partial charge in [0.2, 0.25) is 0 Å². The molecule has 0 bridgehead atoms. The minimum atomic E-state index is 0.387. The Balaban J connectivity index is 2.14. The first-order valence-electron chi connectivity index (χ1n) is 6.07. The summed E-state index contributed by atoms with van der Waals surface area (Å²) in [4.78, 5) is 0. The second kappa shape index (κ2) is 4.09. The Bertz CT molecular complexity index is 375. The van der Waals surface area contributed by atoms with Gasteiger partial charge in [0.25, 0.3) is 0 Å². The van der Waals surface area contributed by atoms with Gasteiger partial charge in [-0.2, -0.15) is 5.10 Å². The van der Waals surface area contributed by atoms with Crippen molar-refractivity contribution in [1.29, 1.82) is 0 Å². The third-order valence-electron chi connectivity index (χ3n) is 3.34. The Morgan fingerprint density at radius 3 is 2.44 bits per heavy atom. The van der Waals surface area contributed by atoms with Gasteiger partial charge in [-0.3, -0.25) is 4.68 Å². The van der Waals surface area contributed by atoms with Crippen LogP contribution in [-0.2, 0) is 0 Å². The maximum atomic E-state index is 5.79. The van der Waals surface area contributed by atoms with Crippen LogP contribution >= 0.6 is 0 Å². The van der Waals surface area contributed by atoms with E-state index in [2.05, 4.69) is 42.8 Å². The summed E-state index contributed by atoms with van der Waals surface area (Å²) in [7, 11) is 0. The summed E-state index contributed by atoms with van der Waals surface area (Å²) in [5.74, 6) is 0. The average molecular weight is 222 g/mol. The molecule has 1 aliphatic rings. The average Bonchev–Trinajstić information content (AvgIpc) is 2.42. The minimum Gasteiger partial charge on any atom is -0.379 e. The second-order valence-electron chi connectivity index (χ2n) is 5.16. The number of aryl methyl sites for hydroxylation is 1. The highest BCUT2D eigenvalue weighted by atomic mass is 15.3. The standard InChI is InChI=1S/C12H22N4/c1-7(2)16-9(4)12(8(3)15-16)14-11-5-10(13)6-11/h7,10-11,14H,5-6,13H2,1-4H3. The third-order valence-corrected chi connectivity index (χ3v) is 3.34. The molecule has 0 atom stereocenters. The lowest BCUT2D eigenvalue weighted by atomic mass is 9.87. The molecule has 4 heteroatoms. The smallest absolute Gasteiger partial charge is 0.0828 e. The predicted octanol–water partition coefficient (Wildman–Crippen LogP) is 1.98. The number of hydrogen-bond acceptors (Lipinski definition) is 3. The first-order chi connectivity index (χ1) is 7.49. The molecule has 0 aromatic carbocycles. The van der Waals surface area contributed by atoms with Crippen LogP contribution in [0.3, 0.4) is 0 Å². The molecule has 1 fully saturated rings. The number of aromatic nitrogens is 2. The molecule has 2 rings (SSSR count). The molecular formula is C12H22N4. The van der Waals surface area contributed by atoms with Crippen molar-refractivity contribution in [2.75, 3.05) is 5.32 Å². The van der Waals surface area contributed by atoms with Crippen LogP contribution in [0.2, 0.25) is 0 Å². The minimum absolute atomic E-state index is 0.387. The Hall–Kier alpha value is -1.03. The first kappa shape index (κ1) is 11.5. The summed E-state index contributed by atoms with van der Waals surface area (Å²) in [5.41, 5.74) is 9.31. The van der Waals surface area contributed by atoms with Crippen molar-refractivity contribution in [3.05, 3.63) is 11.4 Å². The van der Waals surface area contributed by atoms with E-state index in [1.165, 1.54) is 11.4 Å². The zero-order chi connectivity index (χ0) is 11.9. The van der Waals surface area contributed by atoms with Gasteiger partial charge >= 0.3 is 0 Å². The lowest BCUT2D eigenvalue weighted by Gasteiger charge is -2.33. The van der Waals surface area contributed by atoms with Gasteiger partial charge in [0, 0.05) is 18.1 Å².